The third-order valence-electron chi connectivity index (χ3n) is 3.37. The molecule has 0 saturated carbocycles. The van der Waals surface area contributed by atoms with Gasteiger partial charge in [-0.3, -0.25) is 4.79 Å². The molecule has 104 valence electrons. The summed E-state index contributed by atoms with van der Waals surface area (Å²) in [5, 5.41) is 5.99. The van der Waals surface area contributed by atoms with Crippen molar-refractivity contribution in [3.63, 3.8) is 0 Å². The first-order valence-corrected chi connectivity index (χ1v) is 6.53. The molecule has 2 N–H and O–H groups in total. The number of ether oxygens (including phenoxy) is 1. The van der Waals surface area contributed by atoms with Gasteiger partial charge >= 0.3 is 0 Å². The Morgan fingerprint density at radius 2 is 2.21 bits per heavy atom. The second-order valence-corrected chi connectivity index (χ2v) is 4.80. The fourth-order valence-corrected chi connectivity index (χ4v) is 2.30. The minimum Gasteiger partial charge on any atom is -0.494 e. The number of carbonyl (C=O) groups excluding carboxylic acids is 1. The second kappa shape index (κ2) is 6.52. The highest BCUT2D eigenvalue weighted by atomic mass is 19.1. The minimum absolute atomic E-state index is 0.0588. The summed E-state index contributed by atoms with van der Waals surface area (Å²) in [7, 11) is 1.41. The summed E-state index contributed by atoms with van der Waals surface area (Å²) < 4.78 is 18.3. The van der Waals surface area contributed by atoms with Crippen molar-refractivity contribution in [3.05, 3.63) is 24.0 Å². The summed E-state index contributed by atoms with van der Waals surface area (Å²) in [5.74, 6) is 0.0688. The molecule has 1 saturated heterocycles. The lowest BCUT2D eigenvalue weighted by Gasteiger charge is -2.21. The van der Waals surface area contributed by atoms with Crippen LogP contribution in [0, 0.1) is 11.7 Å². The monoisotopic (exact) mass is 266 g/mol. The van der Waals surface area contributed by atoms with Crippen molar-refractivity contribution < 1.29 is 13.9 Å². The van der Waals surface area contributed by atoms with Gasteiger partial charge in [-0.1, -0.05) is 0 Å². The Labute approximate surface area is 112 Å². The Hall–Kier alpha value is -1.62. The number of carbonyl (C=O) groups is 1. The molecule has 1 heterocycles. The second-order valence-electron chi connectivity index (χ2n) is 4.80. The van der Waals surface area contributed by atoms with Crippen LogP contribution in [0.1, 0.15) is 19.3 Å². The molecular formula is C14H19FN2O2. The minimum atomic E-state index is -0.470. The summed E-state index contributed by atoms with van der Waals surface area (Å²) >= 11 is 0. The Morgan fingerprint density at radius 3 is 2.84 bits per heavy atom. The molecule has 2 rings (SSSR count). The fourth-order valence-electron chi connectivity index (χ4n) is 2.30. The van der Waals surface area contributed by atoms with E-state index >= 15 is 0 Å². The number of rotatable bonds is 4. The van der Waals surface area contributed by atoms with E-state index in [9.17, 15) is 9.18 Å². The van der Waals surface area contributed by atoms with Gasteiger partial charge in [0.2, 0.25) is 5.91 Å². The van der Waals surface area contributed by atoms with Gasteiger partial charge in [0.1, 0.15) is 0 Å². The number of anilines is 1. The van der Waals surface area contributed by atoms with Crippen LogP contribution in [0.2, 0.25) is 0 Å². The molecule has 19 heavy (non-hydrogen) atoms. The molecule has 0 aliphatic carbocycles. The lowest BCUT2D eigenvalue weighted by molar-refractivity contribution is -0.117. The number of hydrogen-bond acceptors (Lipinski definition) is 3. The van der Waals surface area contributed by atoms with Crippen molar-refractivity contribution >= 4 is 11.6 Å². The third kappa shape index (κ3) is 3.92. The van der Waals surface area contributed by atoms with Gasteiger partial charge in [0, 0.05) is 18.2 Å². The van der Waals surface area contributed by atoms with Crippen molar-refractivity contribution in [2.45, 2.75) is 19.3 Å². The number of nitrogens with one attached hydrogen (secondary N) is 2. The van der Waals surface area contributed by atoms with E-state index in [1.54, 1.807) is 6.07 Å². The van der Waals surface area contributed by atoms with E-state index < -0.39 is 5.82 Å². The molecule has 0 aromatic heterocycles. The van der Waals surface area contributed by atoms with Gasteiger partial charge in [0.25, 0.3) is 0 Å². The zero-order chi connectivity index (χ0) is 13.7. The van der Waals surface area contributed by atoms with E-state index in [0.717, 1.165) is 25.9 Å². The molecule has 0 unspecified atom stereocenters. The maximum atomic E-state index is 13.5. The summed E-state index contributed by atoms with van der Waals surface area (Å²) in [6.45, 7) is 1.93. The quantitative estimate of drug-likeness (QED) is 0.878. The zero-order valence-electron chi connectivity index (χ0n) is 11.0. The van der Waals surface area contributed by atoms with Crippen LogP contribution < -0.4 is 15.4 Å². The molecule has 1 amide bonds. The average Bonchev–Trinajstić information content (AvgIpc) is 2.40. The van der Waals surface area contributed by atoms with Crippen molar-refractivity contribution in [2.24, 2.45) is 5.92 Å². The van der Waals surface area contributed by atoms with Crippen LogP contribution in [0.4, 0.5) is 10.1 Å². The zero-order valence-corrected chi connectivity index (χ0v) is 11.0. The SMILES string of the molecule is COc1ccc(NC(=O)CC2CCNCC2)cc1F. The molecule has 4 nitrogen and oxygen atoms in total. The van der Waals surface area contributed by atoms with Gasteiger partial charge in [0.05, 0.1) is 7.11 Å². The highest BCUT2D eigenvalue weighted by Crippen LogP contribution is 2.22. The van der Waals surface area contributed by atoms with Crippen LogP contribution in [0.3, 0.4) is 0 Å². The topological polar surface area (TPSA) is 50.4 Å². The maximum Gasteiger partial charge on any atom is 0.224 e. The summed E-state index contributed by atoms with van der Waals surface area (Å²) in [5.41, 5.74) is 0.470. The van der Waals surface area contributed by atoms with E-state index in [1.807, 2.05) is 0 Å². The van der Waals surface area contributed by atoms with Gasteiger partial charge in [-0.2, -0.15) is 0 Å². The van der Waals surface area contributed by atoms with E-state index in [-0.39, 0.29) is 11.7 Å². The summed E-state index contributed by atoms with van der Waals surface area (Å²) in [6.07, 6.45) is 2.53. The lowest BCUT2D eigenvalue weighted by Crippen LogP contribution is -2.30. The third-order valence-corrected chi connectivity index (χ3v) is 3.37. The van der Waals surface area contributed by atoms with E-state index in [4.69, 9.17) is 4.74 Å². The first-order chi connectivity index (χ1) is 9.19. The number of hydrogen-bond donors (Lipinski definition) is 2. The predicted molar refractivity (Wildman–Crippen MR) is 71.8 cm³/mol. The normalized spacial score (nSPS) is 16.1. The summed E-state index contributed by atoms with van der Waals surface area (Å²) in [4.78, 5) is 11.9. The molecule has 5 heteroatoms. The first-order valence-electron chi connectivity index (χ1n) is 6.53. The molecule has 0 atom stereocenters. The largest absolute Gasteiger partial charge is 0.494 e. The van der Waals surface area contributed by atoms with Crippen LogP contribution in [0.5, 0.6) is 5.75 Å². The van der Waals surface area contributed by atoms with Gasteiger partial charge in [-0.05, 0) is 44.0 Å². The number of piperidine rings is 1. The average molecular weight is 266 g/mol. The highest BCUT2D eigenvalue weighted by Gasteiger charge is 2.17. The number of methoxy groups -OCH3 is 1. The van der Waals surface area contributed by atoms with Gasteiger partial charge < -0.3 is 15.4 Å². The molecule has 0 radical (unpaired) electrons. The summed E-state index contributed by atoms with van der Waals surface area (Å²) in [6, 6.07) is 4.43. The highest BCUT2D eigenvalue weighted by molar-refractivity contribution is 5.90. The van der Waals surface area contributed by atoms with E-state index in [1.165, 1.54) is 19.2 Å². The number of amides is 1. The van der Waals surface area contributed by atoms with Crippen molar-refractivity contribution in [1.82, 2.24) is 5.32 Å². The van der Waals surface area contributed by atoms with Crippen LogP contribution in [0.25, 0.3) is 0 Å². The van der Waals surface area contributed by atoms with Crippen molar-refractivity contribution in [1.29, 1.82) is 0 Å². The Bertz CT molecular complexity index is 445. The molecule has 1 aromatic rings. The molecule has 0 spiro atoms. The Kier molecular flexibility index (Phi) is 4.74. The van der Waals surface area contributed by atoms with E-state index in [0.29, 0.717) is 18.0 Å². The molecular weight excluding hydrogens is 247 g/mol. The standard InChI is InChI=1S/C14H19FN2O2/c1-19-13-3-2-11(9-12(13)15)17-14(18)8-10-4-6-16-7-5-10/h2-3,9-10,16H,4-8H2,1H3,(H,17,18). The van der Waals surface area contributed by atoms with E-state index in [2.05, 4.69) is 10.6 Å². The van der Waals surface area contributed by atoms with Gasteiger partial charge in [-0.25, -0.2) is 4.39 Å². The van der Waals surface area contributed by atoms with Crippen molar-refractivity contribution in [3.8, 4) is 5.75 Å². The van der Waals surface area contributed by atoms with Gasteiger partial charge in [-0.15, -0.1) is 0 Å². The predicted octanol–water partition coefficient (Wildman–Crippen LogP) is 2.16. The fraction of sp³-hybridized carbons (Fsp3) is 0.500. The molecule has 1 aliphatic heterocycles. The van der Waals surface area contributed by atoms with Crippen LogP contribution in [-0.4, -0.2) is 26.1 Å². The molecule has 1 fully saturated rings. The van der Waals surface area contributed by atoms with Crippen LogP contribution >= 0.6 is 0 Å². The maximum absolute atomic E-state index is 13.5. The Balaban J connectivity index is 1.89. The lowest BCUT2D eigenvalue weighted by atomic mass is 9.94. The molecule has 0 bridgehead atoms. The first kappa shape index (κ1) is 13.8. The van der Waals surface area contributed by atoms with Crippen molar-refractivity contribution in [2.75, 3.05) is 25.5 Å². The van der Waals surface area contributed by atoms with Crippen LogP contribution in [-0.2, 0) is 4.79 Å². The number of benzene rings is 1. The molecule has 1 aromatic carbocycles. The number of halogens is 1. The molecule has 1 aliphatic rings. The van der Waals surface area contributed by atoms with Crippen LogP contribution in [0.15, 0.2) is 18.2 Å². The Morgan fingerprint density at radius 1 is 1.47 bits per heavy atom. The smallest absolute Gasteiger partial charge is 0.224 e. The van der Waals surface area contributed by atoms with Gasteiger partial charge in [0.15, 0.2) is 11.6 Å².